The van der Waals surface area contributed by atoms with Crippen molar-refractivity contribution in [2.45, 2.75) is 6.61 Å². The van der Waals surface area contributed by atoms with Gasteiger partial charge in [-0.1, -0.05) is 0 Å². The van der Waals surface area contributed by atoms with Crippen molar-refractivity contribution in [2.75, 3.05) is 13.7 Å². The monoisotopic (exact) mass is 402 g/mol. The molecule has 8 nitrogen and oxygen atoms in total. The van der Waals surface area contributed by atoms with E-state index in [1.807, 2.05) is 42.7 Å². The molecule has 0 radical (unpaired) electrons. The summed E-state index contributed by atoms with van der Waals surface area (Å²) in [4.78, 5) is 14.2. The lowest BCUT2D eigenvalue weighted by Gasteiger charge is -2.13. The van der Waals surface area contributed by atoms with Crippen molar-refractivity contribution < 1.29 is 54.9 Å². The van der Waals surface area contributed by atoms with Gasteiger partial charge in [0.25, 0.3) is 5.91 Å². The number of rotatable bonds is 5. The number of carbonyl (C=O) groups excluding carboxylic acids is 1. The summed E-state index contributed by atoms with van der Waals surface area (Å²) in [5, 5.41) is 5.83. The largest absolute Gasteiger partial charge is 1.00 e. The Hall–Kier alpha value is -2.39. The first-order valence-electron chi connectivity index (χ1n) is 7.22. The van der Waals surface area contributed by atoms with Crippen LogP contribution in [0.3, 0.4) is 0 Å². The van der Waals surface area contributed by atoms with Crippen molar-refractivity contribution in [2.24, 2.45) is 5.10 Å². The third-order valence-electron chi connectivity index (χ3n) is 3.41. The van der Waals surface area contributed by atoms with E-state index < -0.39 is 0 Å². The Labute approximate surface area is 163 Å². The number of nitrogens with one attached hydrogen (secondary N) is 2. The van der Waals surface area contributed by atoms with Crippen LogP contribution in [0.25, 0.3) is 0 Å². The van der Waals surface area contributed by atoms with E-state index in [1.165, 1.54) is 0 Å². The zero-order valence-corrected chi connectivity index (χ0v) is 15.5. The number of ether oxygens (including phenoxy) is 2. The Morgan fingerprint density at radius 1 is 1.27 bits per heavy atom. The van der Waals surface area contributed by atoms with E-state index in [-0.39, 0.29) is 36.2 Å². The number of hydrogen-bond donors (Lipinski definition) is 2. The molecule has 1 aliphatic rings. The highest BCUT2D eigenvalue weighted by molar-refractivity contribution is 5.95. The Morgan fingerprint density at radius 2 is 2.08 bits per heavy atom. The number of quaternary nitrogens is 1. The Balaban J connectivity index is 0.00000208. The standard InChI is InChI=1S/C16H16N4O3.2ClH.H2O/c1-22-14-7-12(16-18-9-15(21)19-20-16)4-5-13(14)23-10-11-3-2-6-17-8-11;;;/h2-8H,9-10H2,1H3,(H,18,20)(H,19,21);2*1H;1H2. The number of nitrogens with two attached hydrogens (primary N) is 1. The van der Waals surface area contributed by atoms with E-state index in [9.17, 15) is 4.79 Å². The quantitative estimate of drug-likeness (QED) is 0.516. The minimum atomic E-state index is -0.111. The molecule has 0 aliphatic carbocycles. The van der Waals surface area contributed by atoms with Gasteiger partial charge < -0.3 is 39.8 Å². The Morgan fingerprint density at radius 3 is 2.69 bits per heavy atom. The maximum absolute atomic E-state index is 11.1. The summed E-state index contributed by atoms with van der Waals surface area (Å²) >= 11 is 0. The number of pyridine rings is 1. The lowest BCUT2D eigenvalue weighted by Crippen LogP contribution is -3.00. The number of hydrazone groups is 1. The van der Waals surface area contributed by atoms with Crippen molar-refractivity contribution in [1.82, 2.24) is 5.43 Å². The van der Waals surface area contributed by atoms with Crippen LogP contribution in [0.1, 0.15) is 11.1 Å². The number of hydrogen-bond acceptors (Lipinski definition) is 4. The van der Waals surface area contributed by atoms with Crippen molar-refractivity contribution in [1.29, 1.82) is 0 Å². The lowest BCUT2D eigenvalue weighted by atomic mass is 10.1. The summed E-state index contributed by atoms with van der Waals surface area (Å²) in [6.45, 7) is 0.764. The van der Waals surface area contributed by atoms with Crippen molar-refractivity contribution in [3.63, 3.8) is 0 Å². The van der Waals surface area contributed by atoms with Crippen LogP contribution in [0.5, 0.6) is 11.5 Å². The molecular weight excluding hydrogens is 383 g/mol. The third kappa shape index (κ3) is 5.85. The maximum Gasteiger partial charge on any atom is 0.295 e. The van der Waals surface area contributed by atoms with Gasteiger partial charge in [0.2, 0.25) is 5.84 Å². The highest BCUT2D eigenvalue weighted by Gasteiger charge is 2.18. The molecule has 10 heteroatoms. The van der Waals surface area contributed by atoms with E-state index >= 15 is 0 Å². The first-order chi connectivity index (χ1) is 11.3. The summed E-state index contributed by atoms with van der Waals surface area (Å²) in [5.41, 5.74) is 4.37. The van der Waals surface area contributed by atoms with E-state index in [0.29, 0.717) is 30.5 Å². The average Bonchev–Trinajstić information content (AvgIpc) is 2.61. The summed E-state index contributed by atoms with van der Waals surface area (Å²) in [6.07, 6.45) is 3.73. The van der Waals surface area contributed by atoms with Gasteiger partial charge in [-0.15, -0.1) is 5.10 Å². The van der Waals surface area contributed by atoms with Gasteiger partial charge in [-0.25, -0.2) is 10.4 Å². The number of methoxy groups -OCH3 is 1. The van der Waals surface area contributed by atoms with Gasteiger partial charge >= 0.3 is 0 Å². The lowest BCUT2D eigenvalue weighted by molar-refractivity contribution is -0.529. The fourth-order valence-electron chi connectivity index (χ4n) is 2.21. The molecule has 0 spiro atoms. The summed E-state index contributed by atoms with van der Waals surface area (Å²) in [7, 11) is 1.59. The average molecular weight is 403 g/mol. The Bertz CT molecular complexity index is 744. The second-order valence-corrected chi connectivity index (χ2v) is 5.01. The normalized spacial score (nSPS) is 12.3. The molecule has 0 bridgehead atoms. The number of halogens is 2. The predicted octanol–water partition coefficient (Wildman–Crippen LogP) is -7.37. The van der Waals surface area contributed by atoms with E-state index in [0.717, 1.165) is 11.1 Å². The number of H-pyrrole nitrogens is 1. The van der Waals surface area contributed by atoms with Gasteiger partial charge in [0, 0.05) is 6.07 Å². The molecule has 1 aromatic carbocycles. The maximum atomic E-state index is 11.1. The molecule has 142 valence electrons. The number of amides is 1. The number of aromatic nitrogens is 1. The molecule has 0 saturated carbocycles. The highest BCUT2D eigenvalue weighted by atomic mass is 35.5. The van der Waals surface area contributed by atoms with Gasteiger partial charge in [0.1, 0.15) is 6.61 Å². The van der Waals surface area contributed by atoms with Crippen molar-refractivity contribution in [3.8, 4) is 11.5 Å². The van der Waals surface area contributed by atoms with E-state index in [4.69, 9.17) is 9.47 Å². The van der Waals surface area contributed by atoms with Crippen LogP contribution < -0.4 is 50.0 Å². The molecule has 0 fully saturated rings. The molecule has 0 unspecified atom stereocenters. The smallest absolute Gasteiger partial charge is 0.295 e. The first kappa shape index (κ1) is 23.6. The van der Waals surface area contributed by atoms with Crippen LogP contribution in [0.15, 0.2) is 47.8 Å². The van der Waals surface area contributed by atoms with E-state index in [1.54, 1.807) is 12.4 Å². The number of aromatic amines is 1. The number of benzene rings is 1. The van der Waals surface area contributed by atoms with Crippen LogP contribution in [-0.2, 0) is 11.4 Å². The number of carbonyl (C=O) groups is 1. The van der Waals surface area contributed by atoms with Gasteiger partial charge in [0.05, 0.1) is 18.2 Å². The molecule has 6 N–H and O–H groups in total. The van der Waals surface area contributed by atoms with Crippen LogP contribution in [0.2, 0.25) is 0 Å². The van der Waals surface area contributed by atoms with Gasteiger partial charge in [0.15, 0.2) is 30.4 Å². The van der Waals surface area contributed by atoms with Gasteiger partial charge in [-0.05, 0) is 24.3 Å². The summed E-state index contributed by atoms with van der Waals surface area (Å²) in [5.74, 6) is 1.88. The molecule has 26 heavy (non-hydrogen) atoms. The topological polar surface area (TPSA) is 122 Å². The molecule has 2 aromatic rings. The molecule has 0 atom stereocenters. The molecule has 1 aliphatic heterocycles. The van der Waals surface area contributed by atoms with Crippen molar-refractivity contribution >= 4 is 11.7 Å². The number of amidine groups is 1. The SMILES string of the molecule is COc1cc(C2=NNC(=O)C[NH2+]2)ccc1OCc1ccc[nH+]c1.O.[Cl-].[Cl-]. The third-order valence-corrected chi connectivity index (χ3v) is 3.41. The fourth-order valence-corrected chi connectivity index (χ4v) is 2.21. The Kier molecular flexibility index (Phi) is 10.2. The summed E-state index contributed by atoms with van der Waals surface area (Å²) < 4.78 is 11.2. The van der Waals surface area contributed by atoms with E-state index in [2.05, 4.69) is 15.5 Å². The fraction of sp³-hybridized carbons (Fsp3) is 0.188. The first-order valence-corrected chi connectivity index (χ1v) is 7.22. The zero-order chi connectivity index (χ0) is 16.1. The molecule has 3 rings (SSSR count). The predicted molar refractivity (Wildman–Crippen MR) is 85.4 cm³/mol. The minimum Gasteiger partial charge on any atom is -1.00 e. The van der Waals surface area contributed by atoms with Crippen molar-refractivity contribution in [3.05, 3.63) is 53.9 Å². The van der Waals surface area contributed by atoms with Gasteiger partial charge in [-0.2, -0.15) is 0 Å². The molecule has 1 aromatic heterocycles. The van der Waals surface area contributed by atoms with Crippen LogP contribution >= 0.6 is 0 Å². The van der Waals surface area contributed by atoms with Crippen LogP contribution in [-0.4, -0.2) is 30.9 Å². The van der Waals surface area contributed by atoms with Crippen LogP contribution in [0, 0.1) is 0 Å². The van der Waals surface area contributed by atoms with Gasteiger partial charge in [-0.3, -0.25) is 10.1 Å². The second-order valence-electron chi connectivity index (χ2n) is 5.01. The summed E-state index contributed by atoms with van der Waals surface area (Å²) in [6, 6.07) is 9.48. The molecular formula is C16H20Cl2N4O4. The molecule has 1 amide bonds. The highest BCUT2D eigenvalue weighted by Crippen LogP contribution is 2.28. The number of nitrogens with zero attached hydrogens (tertiary/aromatic N) is 1. The van der Waals surface area contributed by atoms with Crippen LogP contribution in [0.4, 0.5) is 0 Å². The zero-order valence-electron chi connectivity index (χ0n) is 14.0. The molecule has 2 heterocycles. The molecule has 0 saturated heterocycles. The second kappa shape index (κ2) is 11.3. The minimum absolute atomic E-state index is 0.